The number of Topliss-reactive ketones (excluding diaryl/α,β-unsaturated/α-hetero) is 1. The zero-order chi connectivity index (χ0) is 14.7. The molecule has 0 spiro atoms. The highest BCUT2D eigenvalue weighted by atomic mass is 16.1. The zero-order valence-electron chi connectivity index (χ0n) is 13.3. The van der Waals surface area contributed by atoms with Crippen LogP contribution >= 0.6 is 0 Å². The van der Waals surface area contributed by atoms with Gasteiger partial charge in [-0.15, -0.1) is 0 Å². The molecule has 0 radical (unpaired) electrons. The topological polar surface area (TPSA) is 20.1 Å². The maximum atomic E-state index is 11.9. The predicted molar refractivity (Wildman–Crippen MR) is 81.8 cm³/mol. The lowest BCUT2D eigenvalue weighted by Gasteiger charge is -2.17. The molecule has 0 N–H and O–H groups in total. The molecule has 2 nitrogen and oxygen atoms in total. The van der Waals surface area contributed by atoms with Gasteiger partial charge in [-0.05, 0) is 49.4 Å². The molecule has 0 saturated carbocycles. The van der Waals surface area contributed by atoms with Gasteiger partial charge in [-0.3, -0.25) is 4.79 Å². The maximum Gasteiger partial charge on any atom is 0.180 e. The van der Waals surface area contributed by atoms with Crippen molar-refractivity contribution >= 4 is 11.5 Å². The third kappa shape index (κ3) is 2.94. The second kappa shape index (κ2) is 6.14. The number of hydrogen-bond acceptors (Lipinski definition) is 1. The Morgan fingerprint density at radius 3 is 2.11 bits per heavy atom. The molecule has 2 heteroatoms. The van der Waals surface area contributed by atoms with Gasteiger partial charge in [0, 0.05) is 18.1 Å². The highest BCUT2D eigenvalue weighted by molar-refractivity contribution is 6.02. The normalized spacial score (nSPS) is 10.5. The highest BCUT2D eigenvalue weighted by Gasteiger charge is 2.19. The number of carbonyl (C=O) groups is 1. The van der Waals surface area contributed by atoms with Gasteiger partial charge in [0.05, 0.1) is 0 Å². The van der Waals surface area contributed by atoms with Crippen LogP contribution in [-0.4, -0.2) is 30.2 Å². The van der Waals surface area contributed by atoms with Gasteiger partial charge in [-0.1, -0.05) is 13.8 Å². The Labute approximate surface area is 117 Å². The number of nitrogens with zero attached hydrogens (tertiary/aromatic N) is 1. The standard InChI is InChI=1S/C17H26NO/c1-8-14-10-16(12(4)18(6)7)15(9-2)11(3)17(14)13(5)19/h10H,8-9H2,1-7H3/q+1. The Balaban J connectivity index is 3.74. The molecule has 0 unspecified atom stereocenters. The fourth-order valence-corrected chi connectivity index (χ4v) is 2.72. The molecule has 1 rings (SSSR count). The Morgan fingerprint density at radius 2 is 1.74 bits per heavy atom. The van der Waals surface area contributed by atoms with Crippen LogP contribution in [0, 0.1) is 6.92 Å². The summed E-state index contributed by atoms with van der Waals surface area (Å²) < 4.78 is 2.14. The molecule has 1 aromatic carbocycles. The molecule has 1 aromatic rings. The van der Waals surface area contributed by atoms with Gasteiger partial charge < -0.3 is 0 Å². The van der Waals surface area contributed by atoms with Crippen LogP contribution in [0.4, 0.5) is 0 Å². The SMILES string of the molecule is CCc1cc(C(C)=[N+](C)C)c(CC)c(C)c1C(C)=O. The lowest BCUT2D eigenvalue weighted by Crippen LogP contribution is -2.16. The summed E-state index contributed by atoms with van der Waals surface area (Å²) >= 11 is 0. The first kappa shape index (κ1) is 15.6. The van der Waals surface area contributed by atoms with Crippen molar-refractivity contribution in [2.75, 3.05) is 14.1 Å². The first-order chi connectivity index (χ1) is 8.84. The van der Waals surface area contributed by atoms with E-state index in [4.69, 9.17) is 0 Å². The molecule has 0 aromatic heterocycles. The Hall–Kier alpha value is -1.44. The van der Waals surface area contributed by atoms with Crippen molar-refractivity contribution < 1.29 is 9.37 Å². The first-order valence-electron chi connectivity index (χ1n) is 7.02. The zero-order valence-corrected chi connectivity index (χ0v) is 13.3. The molecule has 0 bridgehead atoms. The van der Waals surface area contributed by atoms with Crippen molar-refractivity contribution in [3.63, 3.8) is 0 Å². The van der Waals surface area contributed by atoms with Crippen molar-refractivity contribution in [3.8, 4) is 0 Å². The summed E-state index contributed by atoms with van der Waals surface area (Å²) in [6, 6.07) is 2.21. The van der Waals surface area contributed by atoms with Crippen LogP contribution in [-0.2, 0) is 12.8 Å². The van der Waals surface area contributed by atoms with E-state index in [0.29, 0.717) is 0 Å². The predicted octanol–water partition coefficient (Wildman–Crippen LogP) is 3.40. The fraction of sp³-hybridized carbons (Fsp3) is 0.529. The van der Waals surface area contributed by atoms with E-state index in [1.165, 1.54) is 22.4 Å². The Bertz CT molecular complexity index is 535. The molecule has 104 valence electrons. The van der Waals surface area contributed by atoms with Gasteiger partial charge in [0.25, 0.3) is 0 Å². The molecular weight excluding hydrogens is 234 g/mol. The van der Waals surface area contributed by atoms with E-state index in [1.807, 2.05) is 0 Å². The minimum absolute atomic E-state index is 0.179. The van der Waals surface area contributed by atoms with Gasteiger partial charge >= 0.3 is 0 Å². The Morgan fingerprint density at radius 1 is 1.16 bits per heavy atom. The van der Waals surface area contributed by atoms with Gasteiger partial charge in [0.1, 0.15) is 14.1 Å². The third-order valence-electron chi connectivity index (χ3n) is 3.94. The number of carbonyl (C=O) groups excluding carboxylic acids is 1. The molecule has 0 aliphatic carbocycles. The minimum atomic E-state index is 0.179. The summed E-state index contributed by atoms with van der Waals surface area (Å²) in [5, 5.41) is 0. The van der Waals surface area contributed by atoms with E-state index in [1.54, 1.807) is 6.92 Å². The van der Waals surface area contributed by atoms with Crippen molar-refractivity contribution in [1.82, 2.24) is 0 Å². The summed E-state index contributed by atoms with van der Waals surface area (Å²) in [5.74, 6) is 0.179. The number of hydrogen-bond donors (Lipinski definition) is 0. The quantitative estimate of drug-likeness (QED) is 0.461. The van der Waals surface area contributed by atoms with Gasteiger partial charge in [-0.25, -0.2) is 4.58 Å². The Kier molecular flexibility index (Phi) is 5.04. The largest absolute Gasteiger partial charge is 0.294 e. The second-order valence-corrected chi connectivity index (χ2v) is 5.30. The number of ketones is 1. The summed E-state index contributed by atoms with van der Waals surface area (Å²) in [4.78, 5) is 11.9. The van der Waals surface area contributed by atoms with Crippen LogP contribution in [0.5, 0.6) is 0 Å². The molecule has 0 atom stereocenters. The molecule has 0 aliphatic rings. The van der Waals surface area contributed by atoms with Crippen LogP contribution in [0.15, 0.2) is 6.07 Å². The average molecular weight is 260 g/mol. The van der Waals surface area contributed by atoms with Crippen LogP contribution in [0.2, 0.25) is 0 Å². The second-order valence-electron chi connectivity index (χ2n) is 5.30. The number of rotatable bonds is 4. The molecule has 0 aliphatic heterocycles. The molecule has 0 saturated heterocycles. The van der Waals surface area contributed by atoms with Crippen molar-refractivity contribution in [2.24, 2.45) is 0 Å². The van der Waals surface area contributed by atoms with Gasteiger partial charge in [-0.2, -0.15) is 0 Å². The van der Waals surface area contributed by atoms with Gasteiger partial charge in [0.15, 0.2) is 11.5 Å². The highest BCUT2D eigenvalue weighted by Crippen LogP contribution is 2.25. The molecular formula is C17H26NO+. The summed E-state index contributed by atoms with van der Waals surface area (Å²) in [6.45, 7) is 10.2. The van der Waals surface area contributed by atoms with E-state index in [9.17, 15) is 4.79 Å². The monoisotopic (exact) mass is 260 g/mol. The number of aryl methyl sites for hydroxylation is 1. The molecule has 0 amide bonds. The average Bonchev–Trinajstić information content (AvgIpc) is 2.35. The summed E-state index contributed by atoms with van der Waals surface area (Å²) in [6.07, 6.45) is 1.85. The van der Waals surface area contributed by atoms with E-state index >= 15 is 0 Å². The molecule has 19 heavy (non-hydrogen) atoms. The summed E-state index contributed by atoms with van der Waals surface area (Å²) in [7, 11) is 4.13. The van der Waals surface area contributed by atoms with Crippen LogP contribution in [0.1, 0.15) is 60.3 Å². The fourth-order valence-electron chi connectivity index (χ4n) is 2.72. The first-order valence-corrected chi connectivity index (χ1v) is 7.02. The van der Waals surface area contributed by atoms with E-state index in [0.717, 1.165) is 24.0 Å². The van der Waals surface area contributed by atoms with Crippen LogP contribution in [0.25, 0.3) is 0 Å². The van der Waals surface area contributed by atoms with E-state index < -0.39 is 0 Å². The number of benzene rings is 1. The van der Waals surface area contributed by atoms with Crippen LogP contribution < -0.4 is 0 Å². The van der Waals surface area contributed by atoms with Crippen molar-refractivity contribution in [3.05, 3.63) is 33.9 Å². The maximum absolute atomic E-state index is 11.9. The lowest BCUT2D eigenvalue weighted by molar-refractivity contribution is -0.464. The third-order valence-corrected chi connectivity index (χ3v) is 3.94. The molecule has 0 heterocycles. The smallest absolute Gasteiger partial charge is 0.180 e. The molecule has 0 fully saturated rings. The van der Waals surface area contributed by atoms with E-state index in [2.05, 4.69) is 52.4 Å². The van der Waals surface area contributed by atoms with E-state index in [-0.39, 0.29) is 5.78 Å². The van der Waals surface area contributed by atoms with Crippen molar-refractivity contribution in [2.45, 2.75) is 47.5 Å². The van der Waals surface area contributed by atoms with Gasteiger partial charge in [0.2, 0.25) is 0 Å². The minimum Gasteiger partial charge on any atom is -0.294 e. The van der Waals surface area contributed by atoms with Crippen molar-refractivity contribution in [1.29, 1.82) is 0 Å². The summed E-state index contributed by atoms with van der Waals surface area (Å²) in [5.41, 5.74) is 7.09. The lowest BCUT2D eigenvalue weighted by atomic mass is 9.87. The van der Waals surface area contributed by atoms with Crippen LogP contribution in [0.3, 0.4) is 0 Å².